The van der Waals surface area contributed by atoms with Crippen LogP contribution in [-0.2, 0) is 23.1 Å². The summed E-state index contributed by atoms with van der Waals surface area (Å²) in [6.45, 7) is 4.23. The minimum Gasteiger partial charge on any atom is -0.438 e. The van der Waals surface area contributed by atoms with Crippen molar-refractivity contribution in [2.24, 2.45) is 0 Å². The summed E-state index contributed by atoms with van der Waals surface area (Å²) in [4.78, 5) is 21.2. The maximum Gasteiger partial charge on any atom is 0.508 e. The van der Waals surface area contributed by atoms with Crippen molar-refractivity contribution < 1.29 is 32.8 Å². The normalized spacial score (nSPS) is 14.9. The second-order valence-electron chi connectivity index (χ2n) is 9.01. The van der Waals surface area contributed by atoms with Crippen molar-refractivity contribution in [1.82, 2.24) is 0 Å². The molecule has 0 aliphatic rings. The predicted molar refractivity (Wildman–Crippen MR) is 150 cm³/mol. The Morgan fingerprint density at radius 1 is 0.914 bits per heavy atom. The Kier molecular flexibility index (Phi) is 24.7. The Balaban J connectivity index is 3.86. The fourth-order valence-electron chi connectivity index (χ4n) is 3.65. The van der Waals surface area contributed by atoms with E-state index in [1.165, 1.54) is 97.0 Å². The van der Waals surface area contributed by atoms with Crippen LogP contribution in [-0.4, -0.2) is 53.8 Å². The van der Waals surface area contributed by atoms with Gasteiger partial charge in [-0.2, -0.15) is 11.8 Å². The zero-order valence-electron chi connectivity index (χ0n) is 22.2. The SMILES string of the molecule is CCCCCCCCCCCCCCCCC(C)SCC(COP(=O)(O)OCCBr)OC(=O)OC. The zero-order valence-corrected chi connectivity index (χ0v) is 25.5. The van der Waals surface area contributed by atoms with Gasteiger partial charge in [-0.25, -0.2) is 9.36 Å². The molecule has 35 heavy (non-hydrogen) atoms. The number of unbranched alkanes of at least 4 members (excludes halogenated alkanes) is 13. The van der Waals surface area contributed by atoms with E-state index in [1.807, 2.05) is 0 Å². The molecule has 7 nitrogen and oxygen atoms in total. The summed E-state index contributed by atoms with van der Waals surface area (Å²) in [7, 11) is -2.95. The number of phosphoric ester groups is 1. The summed E-state index contributed by atoms with van der Waals surface area (Å²) in [6, 6.07) is 0. The molecule has 0 fully saturated rings. The molecule has 0 saturated heterocycles. The molecule has 0 aromatic rings. The van der Waals surface area contributed by atoms with Crippen LogP contribution in [0.1, 0.15) is 110 Å². The number of methoxy groups -OCH3 is 1. The summed E-state index contributed by atoms with van der Waals surface area (Å²) in [6.07, 6.45) is 18.4. The maximum absolute atomic E-state index is 11.8. The molecule has 3 atom stereocenters. The number of phosphoric acid groups is 1. The molecule has 210 valence electrons. The number of rotatable bonds is 25. The van der Waals surface area contributed by atoms with E-state index < -0.39 is 20.1 Å². The lowest BCUT2D eigenvalue weighted by Gasteiger charge is -2.20. The van der Waals surface area contributed by atoms with Gasteiger partial charge < -0.3 is 14.4 Å². The van der Waals surface area contributed by atoms with E-state index in [-0.39, 0.29) is 13.2 Å². The Morgan fingerprint density at radius 3 is 1.91 bits per heavy atom. The van der Waals surface area contributed by atoms with Crippen molar-refractivity contribution in [3.8, 4) is 0 Å². The van der Waals surface area contributed by atoms with Crippen molar-refractivity contribution in [2.45, 2.75) is 122 Å². The van der Waals surface area contributed by atoms with Crippen LogP contribution in [0.15, 0.2) is 0 Å². The molecule has 0 bridgehead atoms. The molecule has 0 radical (unpaired) electrons. The third kappa shape index (κ3) is 24.3. The standard InChI is InChI=1S/C25H50BrO7PS/c1-4-5-6-7-8-9-10-11-12-13-14-15-16-17-18-23(2)35-22-24(33-25(27)30-3)21-32-34(28,29)31-20-19-26/h23-24H,4-22H2,1-3H3,(H,28,29). The summed E-state index contributed by atoms with van der Waals surface area (Å²) in [5.41, 5.74) is 0. The fraction of sp³-hybridized carbons (Fsp3) is 0.960. The Morgan fingerprint density at radius 2 is 1.43 bits per heavy atom. The lowest BCUT2D eigenvalue weighted by molar-refractivity contribution is 0.0194. The summed E-state index contributed by atoms with van der Waals surface area (Å²) >= 11 is 4.78. The molecule has 0 aliphatic carbocycles. The minimum absolute atomic E-state index is 0.0429. The molecular weight excluding hydrogens is 555 g/mol. The van der Waals surface area contributed by atoms with Gasteiger partial charge in [0, 0.05) is 16.3 Å². The van der Waals surface area contributed by atoms with Crippen molar-refractivity contribution in [2.75, 3.05) is 31.4 Å². The highest BCUT2D eigenvalue weighted by molar-refractivity contribution is 9.09. The smallest absolute Gasteiger partial charge is 0.438 e. The van der Waals surface area contributed by atoms with Gasteiger partial charge in [-0.3, -0.25) is 9.05 Å². The molecule has 0 rings (SSSR count). The third-order valence-electron chi connectivity index (χ3n) is 5.72. The number of ether oxygens (including phenoxy) is 2. The van der Waals surface area contributed by atoms with Crippen LogP contribution in [0.2, 0.25) is 0 Å². The van der Waals surface area contributed by atoms with Gasteiger partial charge in [-0.1, -0.05) is 120 Å². The highest BCUT2D eigenvalue weighted by atomic mass is 79.9. The van der Waals surface area contributed by atoms with Crippen molar-refractivity contribution in [3.05, 3.63) is 0 Å². The highest BCUT2D eigenvalue weighted by Gasteiger charge is 2.25. The minimum atomic E-state index is -4.18. The number of carbonyl (C=O) groups is 1. The molecule has 0 aromatic carbocycles. The summed E-state index contributed by atoms with van der Waals surface area (Å²) in [5.74, 6) is 0.452. The van der Waals surface area contributed by atoms with Gasteiger partial charge in [-0.15, -0.1) is 0 Å². The monoisotopic (exact) mass is 604 g/mol. The number of thioether (sulfide) groups is 1. The van der Waals surface area contributed by atoms with Gasteiger partial charge in [0.05, 0.1) is 20.3 Å². The lowest BCUT2D eigenvalue weighted by Crippen LogP contribution is -2.26. The van der Waals surface area contributed by atoms with Crippen LogP contribution < -0.4 is 0 Å². The molecule has 0 amide bonds. The Labute approximate surface area is 226 Å². The molecule has 3 unspecified atom stereocenters. The number of carbonyl (C=O) groups excluding carboxylic acids is 1. The third-order valence-corrected chi connectivity index (χ3v) is 8.39. The average molecular weight is 606 g/mol. The van der Waals surface area contributed by atoms with E-state index in [1.54, 1.807) is 11.8 Å². The van der Waals surface area contributed by atoms with Crippen molar-refractivity contribution in [1.29, 1.82) is 0 Å². The molecule has 10 heteroatoms. The largest absolute Gasteiger partial charge is 0.508 e. The van der Waals surface area contributed by atoms with Gasteiger partial charge in [0.15, 0.2) is 0 Å². The molecular formula is C25H50BrO7PS. The molecule has 0 aromatic heterocycles. The van der Waals surface area contributed by atoms with E-state index in [4.69, 9.17) is 13.8 Å². The van der Waals surface area contributed by atoms with Gasteiger partial charge in [0.25, 0.3) is 0 Å². The van der Waals surface area contributed by atoms with Crippen LogP contribution >= 0.6 is 35.5 Å². The molecule has 0 saturated carbocycles. The lowest BCUT2D eigenvalue weighted by atomic mass is 10.0. The van der Waals surface area contributed by atoms with Crippen LogP contribution in [0.5, 0.6) is 0 Å². The Bertz CT molecular complexity index is 542. The molecule has 0 spiro atoms. The Hall–Kier alpha value is 0.210. The maximum atomic E-state index is 11.8. The van der Waals surface area contributed by atoms with E-state index in [9.17, 15) is 14.3 Å². The first-order valence-electron chi connectivity index (χ1n) is 13.4. The molecule has 0 aliphatic heterocycles. The van der Waals surface area contributed by atoms with Crippen LogP contribution in [0.3, 0.4) is 0 Å². The number of halogens is 1. The molecule has 1 N–H and O–H groups in total. The predicted octanol–water partition coefficient (Wildman–Crippen LogP) is 8.66. The van der Waals surface area contributed by atoms with Crippen LogP contribution in [0.4, 0.5) is 4.79 Å². The van der Waals surface area contributed by atoms with Crippen LogP contribution in [0, 0.1) is 0 Å². The van der Waals surface area contributed by atoms with Crippen molar-refractivity contribution >= 4 is 41.7 Å². The quantitative estimate of drug-likeness (QED) is 0.0479. The van der Waals surface area contributed by atoms with Gasteiger partial charge >= 0.3 is 14.0 Å². The second-order valence-corrected chi connectivity index (χ2v) is 12.7. The van der Waals surface area contributed by atoms with Gasteiger partial charge in [0.2, 0.25) is 0 Å². The van der Waals surface area contributed by atoms with E-state index >= 15 is 0 Å². The fourth-order valence-corrected chi connectivity index (χ4v) is 5.85. The van der Waals surface area contributed by atoms with Gasteiger partial charge in [-0.05, 0) is 6.42 Å². The first kappa shape index (κ1) is 35.2. The van der Waals surface area contributed by atoms with E-state index in [0.717, 1.165) is 6.42 Å². The number of alkyl halides is 1. The number of hydrogen-bond acceptors (Lipinski definition) is 7. The first-order valence-corrected chi connectivity index (χ1v) is 17.0. The van der Waals surface area contributed by atoms with Crippen molar-refractivity contribution in [3.63, 3.8) is 0 Å². The average Bonchev–Trinajstić information content (AvgIpc) is 2.84. The van der Waals surface area contributed by atoms with E-state index in [2.05, 4.69) is 34.5 Å². The summed E-state index contributed by atoms with van der Waals surface area (Å²) in [5, 5.41) is 0.803. The first-order chi connectivity index (χ1) is 16.8. The van der Waals surface area contributed by atoms with Crippen LogP contribution in [0.25, 0.3) is 0 Å². The molecule has 0 heterocycles. The number of hydrogen-bond donors (Lipinski definition) is 1. The van der Waals surface area contributed by atoms with Gasteiger partial charge in [0.1, 0.15) is 6.10 Å². The van der Waals surface area contributed by atoms with E-state index in [0.29, 0.717) is 16.3 Å². The topological polar surface area (TPSA) is 91.3 Å². The summed E-state index contributed by atoms with van der Waals surface area (Å²) < 4.78 is 31.3. The highest BCUT2D eigenvalue weighted by Crippen LogP contribution is 2.43. The zero-order chi connectivity index (χ0) is 26.2. The second kappa shape index (κ2) is 24.5.